The second-order valence-corrected chi connectivity index (χ2v) is 4.56. The molecule has 0 spiro atoms. The molecule has 0 aliphatic heterocycles. The summed E-state index contributed by atoms with van der Waals surface area (Å²) < 4.78 is 0.526. The number of thioether (sulfide) groups is 1. The summed E-state index contributed by atoms with van der Waals surface area (Å²) >= 11 is 2.16. The Hall–Kier alpha value is -1.15. The summed E-state index contributed by atoms with van der Waals surface area (Å²) in [7, 11) is 0. The quantitative estimate of drug-likeness (QED) is 0.472. The Morgan fingerprint density at radius 3 is 3.00 bits per heavy atom. The average Bonchev–Trinajstić information content (AvgIpc) is 2.52. The molecule has 0 atom stereocenters. The van der Waals surface area contributed by atoms with E-state index in [1.54, 1.807) is 0 Å². The van der Waals surface area contributed by atoms with E-state index < -0.39 is 10.9 Å². The Morgan fingerprint density at radius 2 is 2.50 bits per heavy atom. The molecule has 0 aromatic carbocycles. The van der Waals surface area contributed by atoms with Crippen molar-refractivity contribution < 1.29 is 14.8 Å². The van der Waals surface area contributed by atoms with E-state index in [4.69, 9.17) is 5.11 Å². The van der Waals surface area contributed by atoms with Crippen LogP contribution in [0.2, 0.25) is 0 Å². The Labute approximate surface area is 87.1 Å². The van der Waals surface area contributed by atoms with Gasteiger partial charge in [-0.25, -0.2) is 4.98 Å². The topological polar surface area (TPSA) is 93.3 Å². The van der Waals surface area contributed by atoms with E-state index in [9.17, 15) is 14.9 Å². The van der Waals surface area contributed by atoms with Crippen LogP contribution in [0.15, 0.2) is 10.5 Å². The van der Waals surface area contributed by atoms with Crippen LogP contribution in [0.5, 0.6) is 0 Å². The maximum absolute atomic E-state index is 10.3. The van der Waals surface area contributed by atoms with Crippen molar-refractivity contribution in [1.29, 1.82) is 0 Å². The molecule has 0 radical (unpaired) electrons. The van der Waals surface area contributed by atoms with Gasteiger partial charge in [0.05, 0.1) is 11.3 Å². The second-order valence-electron chi connectivity index (χ2n) is 2.21. The fourth-order valence-electron chi connectivity index (χ4n) is 0.627. The first-order valence-corrected chi connectivity index (χ1v) is 5.34. The van der Waals surface area contributed by atoms with Crippen LogP contribution >= 0.6 is 23.1 Å². The number of carboxylic acids is 1. The SMILES string of the molecule is O=C(O)CCSc1ncc([N+](=O)[O-])s1. The summed E-state index contributed by atoms with van der Waals surface area (Å²) in [6.07, 6.45) is 1.20. The molecule has 0 saturated heterocycles. The largest absolute Gasteiger partial charge is 0.481 e. The molecule has 14 heavy (non-hydrogen) atoms. The summed E-state index contributed by atoms with van der Waals surface area (Å²) in [4.78, 5) is 23.7. The number of thiazole rings is 1. The number of nitro groups is 1. The summed E-state index contributed by atoms with van der Waals surface area (Å²) in [6, 6.07) is 0. The molecule has 0 bridgehead atoms. The van der Waals surface area contributed by atoms with Crippen LogP contribution in [-0.2, 0) is 4.79 Å². The van der Waals surface area contributed by atoms with Crippen molar-refractivity contribution in [2.24, 2.45) is 0 Å². The first-order chi connectivity index (χ1) is 6.59. The van der Waals surface area contributed by atoms with Gasteiger partial charge >= 0.3 is 11.0 Å². The lowest BCUT2D eigenvalue weighted by Gasteiger charge is -1.91. The molecular formula is C6H6N2O4S2. The van der Waals surface area contributed by atoms with Crippen LogP contribution in [0.1, 0.15) is 6.42 Å². The van der Waals surface area contributed by atoms with E-state index in [-0.39, 0.29) is 11.4 Å². The summed E-state index contributed by atoms with van der Waals surface area (Å²) in [5.41, 5.74) is 0. The first-order valence-electron chi connectivity index (χ1n) is 3.54. The predicted octanol–water partition coefficient (Wildman–Crippen LogP) is 1.62. The van der Waals surface area contributed by atoms with Gasteiger partial charge in [-0.2, -0.15) is 0 Å². The molecule has 0 saturated carbocycles. The van der Waals surface area contributed by atoms with Crippen molar-refractivity contribution in [3.8, 4) is 0 Å². The molecule has 0 aliphatic rings. The number of hydrogen-bond donors (Lipinski definition) is 1. The Morgan fingerprint density at radius 1 is 1.79 bits per heavy atom. The van der Waals surface area contributed by atoms with E-state index in [0.717, 1.165) is 11.3 Å². The summed E-state index contributed by atoms with van der Waals surface area (Å²) in [6.45, 7) is 0. The van der Waals surface area contributed by atoms with Crippen LogP contribution in [0.3, 0.4) is 0 Å². The fraction of sp³-hybridized carbons (Fsp3) is 0.333. The fourth-order valence-corrected chi connectivity index (χ4v) is 2.41. The van der Waals surface area contributed by atoms with Gasteiger partial charge in [0.25, 0.3) is 0 Å². The lowest BCUT2D eigenvalue weighted by molar-refractivity contribution is -0.380. The zero-order chi connectivity index (χ0) is 10.6. The van der Waals surface area contributed by atoms with Gasteiger partial charge in [-0.05, 0) is 11.3 Å². The van der Waals surface area contributed by atoms with E-state index in [2.05, 4.69) is 4.98 Å². The molecule has 1 N–H and O–H groups in total. The van der Waals surface area contributed by atoms with Crippen LogP contribution in [0, 0.1) is 10.1 Å². The third-order valence-electron chi connectivity index (χ3n) is 1.19. The second kappa shape index (κ2) is 4.91. The van der Waals surface area contributed by atoms with Crippen molar-refractivity contribution in [3.05, 3.63) is 16.3 Å². The van der Waals surface area contributed by atoms with Crippen LogP contribution in [0.25, 0.3) is 0 Å². The molecule has 0 amide bonds. The zero-order valence-electron chi connectivity index (χ0n) is 6.87. The van der Waals surface area contributed by atoms with Crippen molar-refractivity contribution in [2.75, 3.05) is 5.75 Å². The van der Waals surface area contributed by atoms with Gasteiger partial charge in [-0.1, -0.05) is 11.8 Å². The van der Waals surface area contributed by atoms with Gasteiger partial charge in [-0.15, -0.1) is 0 Å². The normalized spacial score (nSPS) is 10.0. The monoisotopic (exact) mass is 234 g/mol. The highest BCUT2D eigenvalue weighted by atomic mass is 32.2. The highest BCUT2D eigenvalue weighted by molar-refractivity contribution is 8.01. The van der Waals surface area contributed by atoms with Gasteiger partial charge in [0, 0.05) is 5.75 Å². The molecule has 1 heterocycles. The molecule has 1 aromatic rings. The maximum Gasteiger partial charge on any atom is 0.344 e. The van der Waals surface area contributed by atoms with Gasteiger partial charge in [0.15, 0.2) is 4.34 Å². The Kier molecular flexibility index (Phi) is 3.84. The van der Waals surface area contributed by atoms with Crippen molar-refractivity contribution in [2.45, 2.75) is 10.8 Å². The molecule has 0 unspecified atom stereocenters. The number of nitrogens with zero attached hydrogens (tertiary/aromatic N) is 2. The van der Waals surface area contributed by atoms with Crippen molar-refractivity contribution >= 4 is 34.1 Å². The van der Waals surface area contributed by atoms with E-state index in [0.29, 0.717) is 10.1 Å². The standard InChI is InChI=1S/C6H6N2O4S2/c9-5(10)1-2-13-6-7-3-4(14-6)8(11)12/h3H,1-2H2,(H,9,10). The number of hydrogen-bond acceptors (Lipinski definition) is 6. The van der Waals surface area contributed by atoms with Crippen molar-refractivity contribution in [1.82, 2.24) is 4.98 Å². The minimum Gasteiger partial charge on any atom is -0.481 e. The predicted molar refractivity (Wildman–Crippen MR) is 51.7 cm³/mol. The molecular weight excluding hydrogens is 228 g/mol. The van der Waals surface area contributed by atoms with Crippen LogP contribution < -0.4 is 0 Å². The van der Waals surface area contributed by atoms with Crippen molar-refractivity contribution in [3.63, 3.8) is 0 Å². The van der Waals surface area contributed by atoms with E-state index >= 15 is 0 Å². The third kappa shape index (κ3) is 3.30. The lowest BCUT2D eigenvalue weighted by Crippen LogP contribution is -1.95. The summed E-state index contributed by atoms with van der Waals surface area (Å²) in [5, 5.41) is 18.6. The minimum absolute atomic E-state index is 0.0252. The smallest absolute Gasteiger partial charge is 0.344 e. The molecule has 6 nitrogen and oxygen atoms in total. The zero-order valence-corrected chi connectivity index (χ0v) is 8.51. The van der Waals surface area contributed by atoms with E-state index in [1.807, 2.05) is 0 Å². The molecule has 0 fully saturated rings. The maximum atomic E-state index is 10.3. The molecule has 8 heteroatoms. The number of rotatable bonds is 5. The van der Waals surface area contributed by atoms with Crippen LogP contribution in [-0.4, -0.2) is 26.7 Å². The molecule has 1 aromatic heterocycles. The molecule has 1 rings (SSSR count). The van der Waals surface area contributed by atoms with E-state index in [1.165, 1.54) is 18.0 Å². The van der Waals surface area contributed by atoms with Crippen LogP contribution in [0.4, 0.5) is 5.00 Å². The minimum atomic E-state index is -0.886. The average molecular weight is 234 g/mol. The third-order valence-corrected chi connectivity index (χ3v) is 3.30. The Balaban J connectivity index is 2.44. The number of carbonyl (C=O) groups is 1. The number of aliphatic carboxylic acids is 1. The van der Waals surface area contributed by atoms with Gasteiger partial charge in [0.2, 0.25) is 0 Å². The molecule has 0 aliphatic carbocycles. The number of carboxylic acid groups (broad SMARTS) is 1. The highest BCUT2D eigenvalue weighted by Crippen LogP contribution is 2.29. The Bertz CT molecular complexity index is 351. The summed E-state index contributed by atoms with van der Waals surface area (Å²) in [5.74, 6) is -0.511. The number of aromatic nitrogens is 1. The molecule has 76 valence electrons. The van der Waals surface area contributed by atoms with Gasteiger partial charge in [0.1, 0.15) is 6.20 Å². The first kappa shape index (κ1) is 10.9. The van der Waals surface area contributed by atoms with Gasteiger partial charge < -0.3 is 5.11 Å². The highest BCUT2D eigenvalue weighted by Gasteiger charge is 2.11. The lowest BCUT2D eigenvalue weighted by atomic mass is 10.5. The van der Waals surface area contributed by atoms with Gasteiger partial charge in [-0.3, -0.25) is 14.9 Å².